The molecule has 0 unspecified atom stereocenters. The fraction of sp³-hybridized carbons (Fsp3) is 0.455. The number of nitrogens with zero attached hydrogens (tertiary/aromatic N) is 4. The molecular formula is C22H28N5O2+. The van der Waals surface area contributed by atoms with E-state index in [-0.39, 0.29) is 17.9 Å². The molecule has 7 heteroatoms. The molecule has 7 nitrogen and oxygen atoms in total. The van der Waals surface area contributed by atoms with Crippen molar-refractivity contribution in [1.29, 1.82) is 0 Å². The van der Waals surface area contributed by atoms with Crippen molar-refractivity contribution >= 4 is 11.8 Å². The van der Waals surface area contributed by atoms with Gasteiger partial charge in [-0.15, -0.1) is 0 Å². The maximum Gasteiger partial charge on any atom is 0.274 e. The summed E-state index contributed by atoms with van der Waals surface area (Å²) in [7, 11) is 0. The van der Waals surface area contributed by atoms with Crippen LogP contribution in [0.3, 0.4) is 0 Å². The predicted molar refractivity (Wildman–Crippen MR) is 108 cm³/mol. The molecule has 2 aliphatic rings. The van der Waals surface area contributed by atoms with Gasteiger partial charge in [-0.3, -0.25) is 14.6 Å². The average Bonchev–Trinajstić information content (AvgIpc) is 3.61. The van der Waals surface area contributed by atoms with Crippen LogP contribution in [-0.4, -0.2) is 70.3 Å². The first-order chi connectivity index (χ1) is 14.2. The van der Waals surface area contributed by atoms with Crippen molar-refractivity contribution in [3.8, 4) is 0 Å². The van der Waals surface area contributed by atoms with E-state index < -0.39 is 0 Å². The smallest absolute Gasteiger partial charge is 0.274 e. The van der Waals surface area contributed by atoms with Crippen molar-refractivity contribution in [2.45, 2.75) is 31.8 Å². The highest BCUT2D eigenvalue weighted by Crippen LogP contribution is 2.28. The summed E-state index contributed by atoms with van der Waals surface area (Å²) in [6.45, 7) is 4.95. The van der Waals surface area contributed by atoms with E-state index in [4.69, 9.17) is 0 Å². The van der Waals surface area contributed by atoms with Crippen molar-refractivity contribution in [2.24, 2.45) is 0 Å². The maximum atomic E-state index is 12.7. The summed E-state index contributed by atoms with van der Waals surface area (Å²) in [6, 6.07) is 10.7. The lowest BCUT2D eigenvalue weighted by Crippen LogP contribution is -3.13. The number of amides is 2. The van der Waals surface area contributed by atoms with Gasteiger partial charge >= 0.3 is 0 Å². The minimum absolute atomic E-state index is 0.120. The molecule has 152 valence electrons. The molecule has 1 aliphatic heterocycles. The maximum absolute atomic E-state index is 12.7. The lowest BCUT2D eigenvalue weighted by atomic mass is 10.2. The first-order valence-electron chi connectivity index (χ1n) is 10.4. The molecule has 29 heavy (non-hydrogen) atoms. The monoisotopic (exact) mass is 394 g/mol. The van der Waals surface area contributed by atoms with Gasteiger partial charge in [0.15, 0.2) is 0 Å². The van der Waals surface area contributed by atoms with Gasteiger partial charge in [-0.1, -0.05) is 30.3 Å². The third-order valence-electron chi connectivity index (χ3n) is 5.72. The summed E-state index contributed by atoms with van der Waals surface area (Å²) in [6.07, 6.45) is 6.95. The number of carbonyl (C=O) groups is 2. The normalized spacial score (nSPS) is 17.2. The van der Waals surface area contributed by atoms with E-state index in [1.54, 1.807) is 11.1 Å². The van der Waals surface area contributed by atoms with Crippen LogP contribution in [0.4, 0.5) is 0 Å². The lowest BCUT2D eigenvalue weighted by molar-refractivity contribution is -0.917. The van der Waals surface area contributed by atoms with Gasteiger partial charge in [0, 0.05) is 37.0 Å². The number of aromatic nitrogens is 2. The van der Waals surface area contributed by atoms with E-state index in [1.165, 1.54) is 22.9 Å². The van der Waals surface area contributed by atoms with Crippen LogP contribution in [0.5, 0.6) is 0 Å². The Labute approximate surface area is 171 Å². The Morgan fingerprint density at radius 3 is 2.52 bits per heavy atom. The third kappa shape index (κ3) is 5.17. The van der Waals surface area contributed by atoms with Crippen LogP contribution in [0.15, 0.2) is 48.9 Å². The van der Waals surface area contributed by atoms with Crippen LogP contribution < -0.4 is 4.90 Å². The number of nitrogens with one attached hydrogen (secondary N) is 1. The topological polar surface area (TPSA) is 70.8 Å². The second-order valence-corrected chi connectivity index (χ2v) is 7.86. The van der Waals surface area contributed by atoms with Crippen LogP contribution in [-0.2, 0) is 11.3 Å². The van der Waals surface area contributed by atoms with E-state index in [0.29, 0.717) is 18.7 Å². The minimum Gasteiger partial charge on any atom is -0.334 e. The molecule has 2 fully saturated rings. The van der Waals surface area contributed by atoms with Crippen LogP contribution in [0.2, 0.25) is 0 Å². The Hall–Kier alpha value is -2.80. The van der Waals surface area contributed by atoms with Crippen molar-refractivity contribution < 1.29 is 14.5 Å². The van der Waals surface area contributed by atoms with Gasteiger partial charge < -0.3 is 14.7 Å². The highest BCUT2D eigenvalue weighted by molar-refractivity contribution is 5.92. The molecule has 1 saturated carbocycles. The molecule has 1 saturated heterocycles. The molecule has 1 aromatic carbocycles. The molecule has 0 bridgehead atoms. The highest BCUT2D eigenvalue weighted by Gasteiger charge is 2.34. The number of quaternary nitrogens is 1. The molecule has 1 aliphatic carbocycles. The molecule has 1 N–H and O–H groups in total. The Kier molecular flexibility index (Phi) is 6.14. The van der Waals surface area contributed by atoms with Gasteiger partial charge in [0.1, 0.15) is 12.2 Å². The number of hydrogen-bond acceptors (Lipinski definition) is 4. The predicted octanol–water partition coefficient (Wildman–Crippen LogP) is 0.399. The molecule has 1 aromatic heterocycles. The van der Waals surface area contributed by atoms with Crippen molar-refractivity contribution in [2.75, 3.05) is 32.7 Å². The highest BCUT2D eigenvalue weighted by atomic mass is 16.2. The SMILES string of the molecule is O=C(CCN(C(=O)c1cnccn1)C1CC1)N1CC[NH+](Cc2ccccc2)CC1. The Morgan fingerprint density at radius 2 is 1.86 bits per heavy atom. The summed E-state index contributed by atoms with van der Waals surface area (Å²) in [5.41, 5.74) is 1.69. The molecule has 0 radical (unpaired) electrons. The zero-order valence-electron chi connectivity index (χ0n) is 16.7. The van der Waals surface area contributed by atoms with E-state index >= 15 is 0 Å². The van der Waals surface area contributed by atoms with Crippen molar-refractivity contribution in [1.82, 2.24) is 19.8 Å². The largest absolute Gasteiger partial charge is 0.334 e. The van der Waals surface area contributed by atoms with Gasteiger partial charge in [0.05, 0.1) is 32.4 Å². The zero-order valence-corrected chi connectivity index (χ0v) is 16.7. The molecule has 2 amide bonds. The van der Waals surface area contributed by atoms with Crippen LogP contribution in [0.1, 0.15) is 35.3 Å². The quantitative estimate of drug-likeness (QED) is 0.738. The van der Waals surface area contributed by atoms with Crippen LogP contribution in [0.25, 0.3) is 0 Å². The number of benzene rings is 1. The average molecular weight is 394 g/mol. The Morgan fingerprint density at radius 1 is 1.10 bits per heavy atom. The summed E-state index contributed by atoms with van der Waals surface area (Å²) < 4.78 is 0. The molecule has 4 rings (SSSR count). The first kappa shape index (κ1) is 19.5. The van der Waals surface area contributed by atoms with E-state index in [9.17, 15) is 9.59 Å². The summed E-state index contributed by atoms with van der Waals surface area (Å²) in [5, 5.41) is 0. The Bertz CT molecular complexity index is 818. The fourth-order valence-corrected chi connectivity index (χ4v) is 3.90. The van der Waals surface area contributed by atoms with Gasteiger partial charge in [0.25, 0.3) is 5.91 Å². The standard InChI is InChI=1S/C22H27N5O2/c28-21(26-14-12-25(13-15-26)17-18-4-2-1-3-5-18)8-11-27(19-6-7-19)22(29)20-16-23-9-10-24-20/h1-5,9-10,16,19H,6-8,11-15,17H2/p+1. The van der Waals surface area contributed by atoms with E-state index in [2.05, 4.69) is 34.2 Å². The summed E-state index contributed by atoms with van der Waals surface area (Å²) in [5.74, 6) is 0.0203. The fourth-order valence-electron chi connectivity index (χ4n) is 3.90. The second kappa shape index (κ2) is 9.13. The molecule has 0 spiro atoms. The third-order valence-corrected chi connectivity index (χ3v) is 5.72. The van der Waals surface area contributed by atoms with Gasteiger partial charge in [-0.2, -0.15) is 0 Å². The number of carbonyl (C=O) groups excluding carboxylic acids is 2. The van der Waals surface area contributed by atoms with E-state index in [0.717, 1.165) is 45.6 Å². The van der Waals surface area contributed by atoms with E-state index in [1.807, 2.05) is 11.0 Å². The second-order valence-electron chi connectivity index (χ2n) is 7.86. The minimum atomic E-state index is -0.120. The van der Waals surface area contributed by atoms with Gasteiger partial charge in [-0.05, 0) is 12.8 Å². The number of hydrogen-bond donors (Lipinski definition) is 1. The van der Waals surface area contributed by atoms with Crippen LogP contribution in [0, 0.1) is 0 Å². The van der Waals surface area contributed by atoms with Crippen molar-refractivity contribution in [3.05, 3.63) is 60.2 Å². The molecule has 2 aromatic rings. The Balaban J connectivity index is 1.25. The first-order valence-corrected chi connectivity index (χ1v) is 10.4. The lowest BCUT2D eigenvalue weighted by Gasteiger charge is -2.33. The molecule has 0 atom stereocenters. The zero-order chi connectivity index (χ0) is 20.1. The van der Waals surface area contributed by atoms with Gasteiger partial charge in [0.2, 0.25) is 5.91 Å². The summed E-state index contributed by atoms with van der Waals surface area (Å²) >= 11 is 0. The van der Waals surface area contributed by atoms with Crippen molar-refractivity contribution in [3.63, 3.8) is 0 Å². The molecule has 2 heterocycles. The number of rotatable bonds is 7. The van der Waals surface area contributed by atoms with Crippen LogP contribution >= 0.6 is 0 Å². The number of piperazine rings is 1. The molecular weight excluding hydrogens is 366 g/mol. The van der Waals surface area contributed by atoms with Gasteiger partial charge in [-0.25, -0.2) is 4.98 Å². The summed E-state index contributed by atoms with van der Waals surface area (Å²) in [4.78, 5) is 38.8.